The molecule has 4 aliphatic carbocycles. The highest BCUT2D eigenvalue weighted by molar-refractivity contribution is 9.09. The summed E-state index contributed by atoms with van der Waals surface area (Å²) in [4.78, 5) is 12.7. The summed E-state index contributed by atoms with van der Waals surface area (Å²) in [6, 6.07) is 0.365. The van der Waals surface area contributed by atoms with Gasteiger partial charge in [-0.15, -0.1) is 0 Å². The second kappa shape index (κ2) is 5.75. The van der Waals surface area contributed by atoms with Crippen LogP contribution in [0.1, 0.15) is 51.9 Å². The Hall–Kier alpha value is -0.0500. The Bertz CT molecular complexity index is 316. The smallest absolute Gasteiger partial charge is 0.223 e. The van der Waals surface area contributed by atoms with Crippen LogP contribution in [0.4, 0.5) is 0 Å². The topological polar surface area (TPSA) is 29.1 Å². The molecule has 3 heteroatoms. The normalized spacial score (nSPS) is 41.3. The molecule has 0 radical (unpaired) electrons. The lowest BCUT2D eigenvalue weighted by Gasteiger charge is -2.53. The second-order valence-electron chi connectivity index (χ2n) is 7.05. The van der Waals surface area contributed by atoms with Crippen molar-refractivity contribution in [2.45, 2.75) is 57.9 Å². The van der Waals surface area contributed by atoms with Crippen molar-refractivity contribution in [3.8, 4) is 0 Å². The van der Waals surface area contributed by atoms with E-state index < -0.39 is 0 Å². The lowest BCUT2D eigenvalue weighted by molar-refractivity contribution is -0.138. The molecule has 0 heterocycles. The highest BCUT2D eigenvalue weighted by Gasteiger charge is 2.50. The van der Waals surface area contributed by atoms with Gasteiger partial charge in [0.2, 0.25) is 5.91 Å². The molecule has 2 nitrogen and oxygen atoms in total. The van der Waals surface area contributed by atoms with Gasteiger partial charge < -0.3 is 5.32 Å². The lowest BCUT2D eigenvalue weighted by Crippen LogP contribution is -2.52. The fourth-order valence-electron chi connectivity index (χ4n) is 5.16. The third-order valence-electron chi connectivity index (χ3n) is 5.83. The first kappa shape index (κ1) is 13.9. The predicted octanol–water partition coefficient (Wildman–Crippen LogP) is 3.74. The van der Waals surface area contributed by atoms with Crippen LogP contribution < -0.4 is 5.32 Å². The van der Waals surface area contributed by atoms with Crippen molar-refractivity contribution < 1.29 is 4.79 Å². The van der Waals surface area contributed by atoms with Crippen LogP contribution in [0.5, 0.6) is 0 Å². The zero-order valence-electron chi connectivity index (χ0n) is 11.9. The van der Waals surface area contributed by atoms with Crippen molar-refractivity contribution in [2.75, 3.05) is 5.33 Å². The fourth-order valence-corrected chi connectivity index (χ4v) is 5.71. The van der Waals surface area contributed by atoms with Gasteiger partial charge in [0.15, 0.2) is 0 Å². The Morgan fingerprint density at radius 3 is 2.21 bits per heavy atom. The van der Waals surface area contributed by atoms with Gasteiger partial charge in [-0.2, -0.15) is 0 Å². The summed E-state index contributed by atoms with van der Waals surface area (Å²) >= 11 is 3.49. The van der Waals surface area contributed by atoms with E-state index in [1.165, 1.54) is 32.1 Å². The van der Waals surface area contributed by atoms with Gasteiger partial charge in [0.1, 0.15) is 0 Å². The highest BCUT2D eigenvalue weighted by Crippen LogP contribution is 2.56. The van der Waals surface area contributed by atoms with Crippen LogP contribution in [0.2, 0.25) is 0 Å². The molecule has 19 heavy (non-hydrogen) atoms. The van der Waals surface area contributed by atoms with E-state index in [1.807, 2.05) is 0 Å². The molecule has 1 N–H and O–H groups in total. The number of carbonyl (C=O) groups excluding carboxylic acids is 1. The summed E-state index contributed by atoms with van der Waals surface area (Å²) in [6.07, 6.45) is 8.89. The zero-order chi connectivity index (χ0) is 13.4. The van der Waals surface area contributed by atoms with Gasteiger partial charge in [-0.25, -0.2) is 0 Å². The average molecular weight is 328 g/mol. The minimum Gasteiger partial charge on any atom is -0.353 e. The first-order valence-electron chi connectivity index (χ1n) is 8.07. The van der Waals surface area contributed by atoms with Crippen LogP contribution in [-0.2, 0) is 4.79 Å². The molecule has 1 amide bonds. The molecule has 4 rings (SSSR count). The predicted molar refractivity (Wildman–Crippen MR) is 81.2 cm³/mol. The zero-order valence-corrected chi connectivity index (χ0v) is 13.5. The van der Waals surface area contributed by atoms with Crippen LogP contribution in [0, 0.1) is 29.6 Å². The van der Waals surface area contributed by atoms with Crippen molar-refractivity contribution in [2.24, 2.45) is 29.6 Å². The molecular formula is C16H26BrNO. The van der Waals surface area contributed by atoms with Gasteiger partial charge in [0, 0.05) is 17.3 Å². The number of hydrogen-bond donors (Lipinski definition) is 1. The van der Waals surface area contributed by atoms with E-state index in [4.69, 9.17) is 0 Å². The molecule has 1 atom stereocenters. The van der Waals surface area contributed by atoms with Gasteiger partial charge in [-0.1, -0.05) is 22.9 Å². The quantitative estimate of drug-likeness (QED) is 0.766. The van der Waals surface area contributed by atoms with Crippen LogP contribution >= 0.6 is 15.9 Å². The third-order valence-corrected chi connectivity index (χ3v) is 6.28. The van der Waals surface area contributed by atoms with Crippen molar-refractivity contribution in [3.63, 3.8) is 0 Å². The van der Waals surface area contributed by atoms with E-state index in [0.717, 1.165) is 30.0 Å². The summed E-state index contributed by atoms with van der Waals surface area (Å²) in [6.45, 7) is 2.17. The minimum absolute atomic E-state index is 0.345. The maximum atomic E-state index is 12.7. The Morgan fingerprint density at radius 1 is 1.16 bits per heavy atom. The molecule has 0 aliphatic heterocycles. The fraction of sp³-hybridized carbons (Fsp3) is 0.938. The molecule has 108 valence electrons. The van der Waals surface area contributed by atoms with E-state index in [0.29, 0.717) is 29.7 Å². The third kappa shape index (κ3) is 2.72. The van der Waals surface area contributed by atoms with Crippen molar-refractivity contribution in [1.29, 1.82) is 0 Å². The Morgan fingerprint density at radius 2 is 1.74 bits per heavy atom. The number of nitrogens with one attached hydrogen (secondary N) is 1. The number of carbonyl (C=O) groups is 1. The summed E-state index contributed by atoms with van der Waals surface area (Å²) < 4.78 is 0. The number of rotatable bonds is 5. The van der Waals surface area contributed by atoms with Crippen molar-refractivity contribution >= 4 is 21.8 Å². The molecular weight excluding hydrogens is 302 g/mol. The first-order chi connectivity index (χ1) is 9.21. The minimum atomic E-state index is 0.345. The van der Waals surface area contributed by atoms with Crippen LogP contribution in [0.25, 0.3) is 0 Å². The first-order valence-corrected chi connectivity index (χ1v) is 9.19. The standard InChI is InChI=1S/C16H26BrNO/c1-2-14(3-4-17)18-16(19)15-12-6-10-5-11(8-12)9-13(15)7-10/h10-15H,2-9H2,1H3,(H,18,19). The van der Waals surface area contributed by atoms with Crippen molar-refractivity contribution in [3.05, 3.63) is 0 Å². The largest absolute Gasteiger partial charge is 0.353 e. The molecule has 4 aliphatic rings. The summed E-state index contributed by atoms with van der Waals surface area (Å²) in [5, 5.41) is 4.31. The molecule has 4 fully saturated rings. The Labute approximate surface area is 125 Å². The molecule has 0 saturated heterocycles. The number of alkyl halides is 1. The summed E-state index contributed by atoms with van der Waals surface area (Å²) in [5.41, 5.74) is 0. The average Bonchev–Trinajstić information content (AvgIpc) is 2.36. The Balaban J connectivity index is 1.63. The summed E-state index contributed by atoms with van der Waals surface area (Å²) in [7, 11) is 0. The Kier molecular flexibility index (Phi) is 4.21. The molecule has 1 unspecified atom stereocenters. The van der Waals surface area contributed by atoms with E-state index in [-0.39, 0.29) is 0 Å². The monoisotopic (exact) mass is 327 g/mol. The maximum Gasteiger partial charge on any atom is 0.223 e. The lowest BCUT2D eigenvalue weighted by atomic mass is 9.51. The van der Waals surface area contributed by atoms with Gasteiger partial charge in [0.05, 0.1) is 0 Å². The SMILES string of the molecule is CCC(CCBr)NC(=O)C1C2CC3CC(C2)CC1C3. The molecule has 0 aromatic carbocycles. The number of halogens is 1. The van der Waals surface area contributed by atoms with Gasteiger partial charge in [0.25, 0.3) is 0 Å². The van der Waals surface area contributed by atoms with E-state index in [1.54, 1.807) is 0 Å². The second-order valence-corrected chi connectivity index (χ2v) is 7.84. The van der Waals surface area contributed by atoms with Gasteiger partial charge >= 0.3 is 0 Å². The number of hydrogen-bond acceptors (Lipinski definition) is 1. The molecule has 4 bridgehead atoms. The molecule has 0 aromatic rings. The number of amides is 1. The van der Waals surface area contributed by atoms with E-state index in [2.05, 4.69) is 28.2 Å². The van der Waals surface area contributed by atoms with Crippen LogP contribution in [0.3, 0.4) is 0 Å². The molecule has 0 aromatic heterocycles. The van der Waals surface area contributed by atoms with Crippen LogP contribution in [-0.4, -0.2) is 17.3 Å². The highest BCUT2D eigenvalue weighted by atomic mass is 79.9. The van der Waals surface area contributed by atoms with Crippen LogP contribution in [0.15, 0.2) is 0 Å². The maximum absolute atomic E-state index is 12.7. The van der Waals surface area contributed by atoms with Gasteiger partial charge in [-0.05, 0) is 68.6 Å². The molecule has 0 spiro atoms. The van der Waals surface area contributed by atoms with Gasteiger partial charge in [-0.3, -0.25) is 4.79 Å². The van der Waals surface area contributed by atoms with E-state index >= 15 is 0 Å². The molecule has 4 saturated carbocycles. The van der Waals surface area contributed by atoms with E-state index in [9.17, 15) is 4.79 Å². The summed E-state index contributed by atoms with van der Waals surface area (Å²) in [5.74, 6) is 4.04. The van der Waals surface area contributed by atoms with Crippen molar-refractivity contribution in [1.82, 2.24) is 5.32 Å².